The molecule has 1 aliphatic heterocycles. The first-order valence-corrected chi connectivity index (χ1v) is 15.3. The number of aromatic nitrogens is 5. The van der Waals surface area contributed by atoms with Gasteiger partial charge in [0.1, 0.15) is 23.4 Å². The summed E-state index contributed by atoms with van der Waals surface area (Å²) in [6, 6.07) is 6.60. The van der Waals surface area contributed by atoms with Gasteiger partial charge in [-0.05, 0) is 44.4 Å². The molecule has 10 nitrogen and oxygen atoms in total. The Kier molecular flexibility index (Phi) is 6.68. The molecule has 4 aromatic rings. The fourth-order valence-electron chi connectivity index (χ4n) is 5.42. The normalized spacial score (nSPS) is 20.3. The predicted molar refractivity (Wildman–Crippen MR) is 148 cm³/mol. The summed E-state index contributed by atoms with van der Waals surface area (Å²) in [6.07, 6.45) is 6.03. The van der Waals surface area contributed by atoms with Crippen LogP contribution in [0.2, 0.25) is 0 Å². The first kappa shape index (κ1) is 27.5. The second kappa shape index (κ2) is 9.98. The zero-order valence-electron chi connectivity index (χ0n) is 22.9. The van der Waals surface area contributed by atoms with E-state index >= 15 is 0 Å². The molecule has 216 valence electrons. The Labute approximate surface area is 235 Å². The van der Waals surface area contributed by atoms with Crippen LogP contribution in [-0.2, 0) is 32.8 Å². The quantitative estimate of drug-likeness (QED) is 0.315. The number of halogens is 2. The van der Waals surface area contributed by atoms with Crippen LogP contribution >= 0.6 is 0 Å². The Morgan fingerprint density at radius 1 is 1.20 bits per heavy atom. The first-order chi connectivity index (χ1) is 19.4. The highest BCUT2D eigenvalue weighted by molar-refractivity contribution is 7.90. The average Bonchev–Trinajstić information content (AvgIpc) is 3.18. The molecule has 1 saturated carbocycles. The Bertz CT molecular complexity index is 1780. The number of imidazole rings is 2. The van der Waals surface area contributed by atoms with E-state index in [2.05, 4.69) is 15.3 Å². The van der Waals surface area contributed by atoms with Crippen LogP contribution in [0, 0.1) is 12.8 Å². The maximum atomic E-state index is 13.6. The van der Waals surface area contributed by atoms with E-state index in [-0.39, 0.29) is 23.2 Å². The molecule has 1 aliphatic carbocycles. The van der Waals surface area contributed by atoms with E-state index in [9.17, 15) is 22.0 Å². The molecule has 6 rings (SSSR count). The summed E-state index contributed by atoms with van der Waals surface area (Å²) in [5.74, 6) is -4.23. The highest BCUT2D eigenvalue weighted by Crippen LogP contribution is 2.49. The minimum absolute atomic E-state index is 0.0585. The number of rotatable bonds is 8. The zero-order valence-corrected chi connectivity index (χ0v) is 23.7. The third kappa shape index (κ3) is 5.23. The predicted octanol–water partition coefficient (Wildman–Crippen LogP) is 4.75. The Morgan fingerprint density at radius 2 is 1.98 bits per heavy atom. The molecule has 0 bridgehead atoms. The summed E-state index contributed by atoms with van der Waals surface area (Å²) in [5.41, 5.74) is 3.32. The SMILES string of the molecule is Cc1nc2c(Nc3ccc(-c4cncn4C)cc3S(C)(=O)=O)cc(CC(=O)C3CC3(F)F)nc2n1C1CCCCO1. The van der Waals surface area contributed by atoms with Gasteiger partial charge in [-0.1, -0.05) is 6.07 Å². The van der Waals surface area contributed by atoms with E-state index in [1.54, 1.807) is 41.4 Å². The number of Topliss-reactive ketones (excluding diaryl/α,β-unsaturated/α-hetero) is 1. The van der Waals surface area contributed by atoms with Gasteiger partial charge in [0, 0.05) is 38.3 Å². The van der Waals surface area contributed by atoms with Gasteiger partial charge < -0.3 is 14.6 Å². The molecular formula is C28H30F2N6O4S. The number of benzene rings is 1. The monoisotopic (exact) mass is 584 g/mol. The van der Waals surface area contributed by atoms with E-state index < -0.39 is 33.9 Å². The van der Waals surface area contributed by atoms with Gasteiger partial charge in [-0.2, -0.15) is 0 Å². The summed E-state index contributed by atoms with van der Waals surface area (Å²) < 4.78 is 62.8. The maximum Gasteiger partial charge on any atom is 0.258 e. The second-order valence-corrected chi connectivity index (χ2v) is 12.8. The van der Waals surface area contributed by atoms with Crippen molar-refractivity contribution in [2.24, 2.45) is 13.0 Å². The van der Waals surface area contributed by atoms with Crippen molar-refractivity contribution in [2.45, 2.75) is 56.1 Å². The Hall–Kier alpha value is -3.71. The zero-order chi connectivity index (χ0) is 29.1. The van der Waals surface area contributed by atoms with Crippen molar-refractivity contribution in [2.75, 3.05) is 18.2 Å². The van der Waals surface area contributed by atoms with Gasteiger partial charge in [-0.15, -0.1) is 0 Å². The minimum atomic E-state index is -3.69. The number of sulfone groups is 1. The lowest BCUT2D eigenvalue weighted by Gasteiger charge is -2.25. The number of aryl methyl sites for hydroxylation is 2. The number of alkyl halides is 2. The average molecular weight is 585 g/mol. The maximum absolute atomic E-state index is 13.6. The lowest BCUT2D eigenvalue weighted by molar-refractivity contribution is -0.121. The van der Waals surface area contributed by atoms with Crippen molar-refractivity contribution >= 4 is 38.2 Å². The Morgan fingerprint density at radius 3 is 2.61 bits per heavy atom. The van der Waals surface area contributed by atoms with Crippen LogP contribution in [0.5, 0.6) is 0 Å². The standard InChI is InChI=1S/C28H30F2N6O4S/c1-16-32-26-21(34-20-8-7-17(10-24(20)41(3,38)39)22-14-31-15-35(22)2)11-18(12-23(37)19-13-28(19,29)30)33-27(26)36(16)25-6-4-5-9-40-25/h7-8,10-11,14-15,19,25H,4-6,9,12-13H2,1-3H3,(H,33,34). The molecule has 0 spiro atoms. The lowest BCUT2D eigenvalue weighted by atomic mass is 10.1. The van der Waals surface area contributed by atoms with E-state index in [0.717, 1.165) is 31.2 Å². The van der Waals surface area contributed by atoms with Crippen LogP contribution in [0.15, 0.2) is 41.7 Å². The molecule has 2 aliphatic rings. The van der Waals surface area contributed by atoms with Crippen molar-refractivity contribution < 1.29 is 26.7 Å². The summed E-state index contributed by atoms with van der Waals surface area (Å²) in [6.45, 7) is 2.41. The van der Waals surface area contributed by atoms with Gasteiger partial charge in [0.25, 0.3) is 5.92 Å². The number of ether oxygens (including phenoxy) is 1. The fraction of sp³-hybridized carbons (Fsp3) is 0.429. The van der Waals surface area contributed by atoms with Crippen molar-refractivity contribution in [1.82, 2.24) is 24.1 Å². The fourth-order valence-corrected chi connectivity index (χ4v) is 6.28. The molecule has 1 saturated heterocycles. The smallest absolute Gasteiger partial charge is 0.258 e. The number of nitrogens with zero attached hydrogens (tertiary/aromatic N) is 5. The molecule has 3 aromatic heterocycles. The highest BCUT2D eigenvalue weighted by Gasteiger charge is 2.60. The van der Waals surface area contributed by atoms with Crippen LogP contribution in [0.4, 0.5) is 20.2 Å². The number of pyridine rings is 1. The van der Waals surface area contributed by atoms with E-state index in [0.29, 0.717) is 40.5 Å². The van der Waals surface area contributed by atoms with Crippen LogP contribution in [0.1, 0.15) is 43.4 Å². The third-order valence-corrected chi connectivity index (χ3v) is 8.79. The number of hydrogen-bond donors (Lipinski definition) is 1. The van der Waals surface area contributed by atoms with Crippen LogP contribution in [0.25, 0.3) is 22.4 Å². The molecule has 0 radical (unpaired) electrons. The number of fused-ring (bicyclic) bond motifs is 1. The molecular weight excluding hydrogens is 554 g/mol. The topological polar surface area (TPSA) is 121 Å². The molecule has 0 amide bonds. The summed E-state index contributed by atoms with van der Waals surface area (Å²) in [5, 5.41) is 3.21. The summed E-state index contributed by atoms with van der Waals surface area (Å²) in [4.78, 5) is 26.3. The molecule has 2 atom stereocenters. The van der Waals surface area contributed by atoms with Gasteiger partial charge in [0.05, 0.1) is 46.1 Å². The number of ketones is 1. The van der Waals surface area contributed by atoms with E-state index in [1.165, 1.54) is 0 Å². The van der Waals surface area contributed by atoms with Crippen LogP contribution in [0.3, 0.4) is 0 Å². The van der Waals surface area contributed by atoms with Crippen LogP contribution < -0.4 is 5.32 Å². The third-order valence-electron chi connectivity index (χ3n) is 7.65. The van der Waals surface area contributed by atoms with E-state index in [1.807, 2.05) is 18.5 Å². The summed E-state index contributed by atoms with van der Waals surface area (Å²) >= 11 is 0. The molecule has 13 heteroatoms. The largest absolute Gasteiger partial charge is 0.358 e. The molecule has 41 heavy (non-hydrogen) atoms. The number of nitrogens with one attached hydrogen (secondary N) is 1. The molecule has 2 fully saturated rings. The second-order valence-electron chi connectivity index (χ2n) is 10.8. The van der Waals surface area contributed by atoms with Gasteiger partial charge in [0.2, 0.25) is 0 Å². The Balaban J connectivity index is 1.46. The molecule has 1 N–H and O–H groups in total. The van der Waals surface area contributed by atoms with Crippen molar-refractivity contribution in [3.8, 4) is 11.3 Å². The van der Waals surface area contributed by atoms with Crippen molar-refractivity contribution in [3.63, 3.8) is 0 Å². The van der Waals surface area contributed by atoms with Gasteiger partial charge in [-0.3, -0.25) is 9.36 Å². The number of hydrogen-bond acceptors (Lipinski definition) is 8. The number of carbonyl (C=O) groups excluding carboxylic acids is 1. The highest BCUT2D eigenvalue weighted by atomic mass is 32.2. The van der Waals surface area contributed by atoms with Gasteiger partial charge in [0.15, 0.2) is 15.5 Å². The molecule has 4 heterocycles. The van der Waals surface area contributed by atoms with Crippen molar-refractivity contribution in [1.29, 1.82) is 0 Å². The lowest BCUT2D eigenvalue weighted by Crippen LogP contribution is -2.20. The summed E-state index contributed by atoms with van der Waals surface area (Å²) in [7, 11) is -1.87. The number of carbonyl (C=O) groups is 1. The van der Waals surface area contributed by atoms with E-state index in [4.69, 9.17) is 9.72 Å². The minimum Gasteiger partial charge on any atom is -0.358 e. The van der Waals surface area contributed by atoms with Gasteiger partial charge >= 0.3 is 0 Å². The van der Waals surface area contributed by atoms with Crippen molar-refractivity contribution in [3.05, 3.63) is 48.3 Å². The van der Waals surface area contributed by atoms with Gasteiger partial charge in [-0.25, -0.2) is 32.2 Å². The molecule has 2 unspecified atom stereocenters. The van der Waals surface area contributed by atoms with Crippen LogP contribution in [-0.4, -0.2) is 57.1 Å². The molecule has 1 aromatic carbocycles. The first-order valence-electron chi connectivity index (χ1n) is 13.4. The number of anilines is 2.